The number of H-pyrrole nitrogens is 1. The highest BCUT2D eigenvalue weighted by molar-refractivity contribution is 5.77. The van der Waals surface area contributed by atoms with E-state index in [-0.39, 0.29) is 5.91 Å². The van der Waals surface area contributed by atoms with Crippen molar-refractivity contribution in [1.82, 2.24) is 10.3 Å². The van der Waals surface area contributed by atoms with Crippen LogP contribution >= 0.6 is 0 Å². The quantitative estimate of drug-likeness (QED) is 0.728. The smallest absolute Gasteiger partial charge is 0.417 e. The van der Waals surface area contributed by atoms with E-state index >= 15 is 0 Å². The molecule has 0 spiro atoms. The maximum absolute atomic E-state index is 12.0. The van der Waals surface area contributed by atoms with Gasteiger partial charge in [0.15, 0.2) is 5.58 Å². The van der Waals surface area contributed by atoms with Crippen LogP contribution in [0.15, 0.2) is 51.7 Å². The molecule has 2 N–H and O–H groups in total. The summed E-state index contributed by atoms with van der Waals surface area (Å²) < 4.78 is 10.2. The summed E-state index contributed by atoms with van der Waals surface area (Å²) in [5, 5.41) is 2.88. The third-order valence-electron chi connectivity index (χ3n) is 3.79. The minimum atomic E-state index is -0.483. The van der Waals surface area contributed by atoms with E-state index in [0.29, 0.717) is 30.5 Å². The van der Waals surface area contributed by atoms with Gasteiger partial charge in [-0.25, -0.2) is 4.79 Å². The van der Waals surface area contributed by atoms with Crippen molar-refractivity contribution in [3.63, 3.8) is 0 Å². The number of amides is 1. The zero-order valence-corrected chi connectivity index (χ0v) is 13.3. The number of carbonyl (C=O) groups excluding carboxylic acids is 1. The molecule has 1 aromatic heterocycles. The van der Waals surface area contributed by atoms with E-state index in [1.54, 1.807) is 19.2 Å². The van der Waals surface area contributed by atoms with Gasteiger partial charge in [0.25, 0.3) is 0 Å². The molecule has 24 heavy (non-hydrogen) atoms. The molecule has 6 nitrogen and oxygen atoms in total. The fraction of sp³-hybridized carbons (Fsp3) is 0.222. The first kappa shape index (κ1) is 15.9. The van der Waals surface area contributed by atoms with Crippen LogP contribution in [0.4, 0.5) is 0 Å². The van der Waals surface area contributed by atoms with Crippen molar-refractivity contribution in [2.45, 2.75) is 19.4 Å². The number of benzene rings is 2. The molecule has 3 rings (SSSR count). The number of methoxy groups -OCH3 is 1. The Labute approximate surface area is 138 Å². The van der Waals surface area contributed by atoms with E-state index in [4.69, 9.17) is 9.15 Å². The highest BCUT2D eigenvalue weighted by Gasteiger charge is 2.07. The molecule has 0 atom stereocenters. The Bertz CT molecular complexity index is 911. The van der Waals surface area contributed by atoms with Gasteiger partial charge in [0.05, 0.1) is 12.6 Å². The number of oxazole rings is 1. The molecule has 6 heteroatoms. The number of rotatable bonds is 6. The second kappa shape index (κ2) is 7.04. The van der Waals surface area contributed by atoms with Gasteiger partial charge < -0.3 is 14.5 Å². The van der Waals surface area contributed by atoms with Crippen molar-refractivity contribution >= 4 is 17.0 Å². The zero-order valence-electron chi connectivity index (χ0n) is 13.3. The minimum Gasteiger partial charge on any atom is -0.496 e. The molecule has 0 unspecified atom stereocenters. The van der Waals surface area contributed by atoms with E-state index in [0.717, 1.165) is 16.9 Å². The van der Waals surface area contributed by atoms with Gasteiger partial charge in [0.1, 0.15) is 5.75 Å². The Hall–Kier alpha value is -3.02. The van der Waals surface area contributed by atoms with Crippen LogP contribution in [0.2, 0.25) is 0 Å². The normalized spacial score (nSPS) is 10.7. The van der Waals surface area contributed by atoms with Crippen LogP contribution in [0.25, 0.3) is 11.1 Å². The molecular weight excluding hydrogens is 308 g/mol. The first-order chi connectivity index (χ1) is 11.7. The van der Waals surface area contributed by atoms with E-state index in [9.17, 15) is 9.59 Å². The zero-order chi connectivity index (χ0) is 16.9. The SMILES string of the molecule is COc1ccccc1CCC(=O)NCc1ccc2oc(=O)[nH]c2c1. The molecule has 0 aliphatic rings. The van der Waals surface area contributed by atoms with Gasteiger partial charge in [-0.15, -0.1) is 0 Å². The maximum atomic E-state index is 12.0. The number of fused-ring (bicyclic) bond motifs is 1. The van der Waals surface area contributed by atoms with E-state index in [1.807, 2.05) is 30.3 Å². The Morgan fingerprint density at radius 1 is 1.25 bits per heavy atom. The lowest BCUT2D eigenvalue weighted by molar-refractivity contribution is -0.121. The highest BCUT2D eigenvalue weighted by Crippen LogP contribution is 2.18. The first-order valence-electron chi connectivity index (χ1n) is 7.66. The molecular formula is C18H18N2O4. The topological polar surface area (TPSA) is 84.3 Å². The molecule has 0 aliphatic heterocycles. The molecule has 0 bridgehead atoms. The van der Waals surface area contributed by atoms with Crippen molar-refractivity contribution in [1.29, 1.82) is 0 Å². The summed E-state index contributed by atoms with van der Waals surface area (Å²) in [4.78, 5) is 25.8. The molecule has 2 aromatic carbocycles. The number of aromatic amines is 1. The van der Waals surface area contributed by atoms with Crippen LogP contribution < -0.4 is 15.8 Å². The van der Waals surface area contributed by atoms with Crippen molar-refractivity contribution in [2.24, 2.45) is 0 Å². The summed E-state index contributed by atoms with van der Waals surface area (Å²) in [6.07, 6.45) is 0.995. The molecule has 1 heterocycles. The molecule has 124 valence electrons. The number of carbonyl (C=O) groups is 1. The van der Waals surface area contributed by atoms with Crippen LogP contribution in [0.5, 0.6) is 5.75 Å². The minimum absolute atomic E-state index is 0.0401. The van der Waals surface area contributed by atoms with Crippen molar-refractivity contribution < 1.29 is 13.9 Å². The molecule has 0 aliphatic carbocycles. The summed E-state index contributed by atoms with van der Waals surface area (Å²) in [6.45, 7) is 0.397. The second-order valence-corrected chi connectivity index (χ2v) is 5.43. The number of ether oxygens (including phenoxy) is 1. The fourth-order valence-electron chi connectivity index (χ4n) is 2.56. The Kier molecular flexibility index (Phi) is 4.65. The fourth-order valence-corrected chi connectivity index (χ4v) is 2.56. The van der Waals surface area contributed by atoms with Crippen LogP contribution in [-0.2, 0) is 17.8 Å². The number of para-hydroxylation sites is 1. The highest BCUT2D eigenvalue weighted by atomic mass is 16.5. The predicted molar refractivity (Wildman–Crippen MR) is 90.0 cm³/mol. The summed E-state index contributed by atoms with van der Waals surface area (Å²) in [5.41, 5.74) is 3.03. The van der Waals surface area contributed by atoms with Gasteiger partial charge in [-0.05, 0) is 35.7 Å². The summed E-state index contributed by atoms with van der Waals surface area (Å²) in [5.74, 6) is 0.268. The van der Waals surface area contributed by atoms with Crippen molar-refractivity contribution in [3.8, 4) is 5.75 Å². The Morgan fingerprint density at radius 3 is 2.92 bits per heavy atom. The standard InChI is InChI=1S/C18H18N2O4/c1-23-15-5-3-2-4-13(15)7-9-17(21)19-11-12-6-8-16-14(10-12)20-18(22)24-16/h2-6,8,10H,7,9,11H2,1H3,(H,19,21)(H,20,22). The van der Waals surface area contributed by atoms with Gasteiger partial charge in [0.2, 0.25) is 5.91 Å². The van der Waals surface area contributed by atoms with Crippen LogP contribution in [-0.4, -0.2) is 18.0 Å². The first-order valence-corrected chi connectivity index (χ1v) is 7.66. The van der Waals surface area contributed by atoms with Crippen LogP contribution in [0, 0.1) is 0 Å². The van der Waals surface area contributed by atoms with Gasteiger partial charge in [-0.2, -0.15) is 0 Å². The average Bonchev–Trinajstić information content (AvgIpc) is 2.97. The van der Waals surface area contributed by atoms with Crippen LogP contribution in [0.3, 0.4) is 0 Å². The molecule has 1 amide bonds. The summed E-state index contributed by atoms with van der Waals surface area (Å²) >= 11 is 0. The van der Waals surface area contributed by atoms with Crippen molar-refractivity contribution in [2.75, 3.05) is 7.11 Å². The average molecular weight is 326 g/mol. The molecule has 0 radical (unpaired) electrons. The monoisotopic (exact) mass is 326 g/mol. The van der Waals surface area contributed by atoms with Gasteiger partial charge in [0, 0.05) is 13.0 Å². The van der Waals surface area contributed by atoms with E-state index in [1.165, 1.54) is 0 Å². The van der Waals surface area contributed by atoms with Gasteiger partial charge in [-0.1, -0.05) is 24.3 Å². The predicted octanol–water partition coefficient (Wildman–Crippen LogP) is 2.38. The lowest BCUT2D eigenvalue weighted by Gasteiger charge is -2.08. The number of hydrogen-bond acceptors (Lipinski definition) is 4. The Balaban J connectivity index is 1.55. The second-order valence-electron chi connectivity index (χ2n) is 5.43. The third kappa shape index (κ3) is 3.65. The maximum Gasteiger partial charge on any atom is 0.417 e. The number of aryl methyl sites for hydroxylation is 1. The third-order valence-corrected chi connectivity index (χ3v) is 3.79. The Morgan fingerprint density at radius 2 is 2.08 bits per heavy atom. The van der Waals surface area contributed by atoms with E-state index < -0.39 is 5.76 Å². The van der Waals surface area contributed by atoms with E-state index in [2.05, 4.69) is 10.3 Å². The lowest BCUT2D eigenvalue weighted by Crippen LogP contribution is -2.23. The molecule has 0 saturated heterocycles. The largest absolute Gasteiger partial charge is 0.496 e. The van der Waals surface area contributed by atoms with Crippen molar-refractivity contribution in [3.05, 3.63) is 64.1 Å². The number of nitrogens with one attached hydrogen (secondary N) is 2. The van der Waals surface area contributed by atoms with Gasteiger partial charge in [-0.3, -0.25) is 9.78 Å². The molecule has 0 saturated carbocycles. The molecule has 0 fully saturated rings. The summed E-state index contributed by atoms with van der Waals surface area (Å²) in [7, 11) is 1.62. The summed E-state index contributed by atoms with van der Waals surface area (Å²) in [6, 6.07) is 13.0. The van der Waals surface area contributed by atoms with Crippen LogP contribution in [0.1, 0.15) is 17.5 Å². The van der Waals surface area contributed by atoms with Gasteiger partial charge >= 0.3 is 5.76 Å². The molecule has 3 aromatic rings. The number of aromatic nitrogens is 1. The number of hydrogen-bond donors (Lipinski definition) is 2. The lowest BCUT2D eigenvalue weighted by atomic mass is 10.1.